The molecule has 0 saturated carbocycles. The van der Waals surface area contributed by atoms with Crippen molar-refractivity contribution in [2.24, 2.45) is 0 Å². The smallest absolute Gasteiger partial charge is 1.00 e. The van der Waals surface area contributed by atoms with Crippen molar-refractivity contribution in [1.82, 2.24) is 0 Å². The monoisotopic (exact) mass is 456 g/mol. The van der Waals surface area contributed by atoms with Gasteiger partial charge >= 0.3 is 128 Å². The van der Waals surface area contributed by atoms with E-state index in [-0.39, 0.29) is 100.0 Å². The molecular formula is H3BiCaF2IK. The molecular weight excluding hydrogens is 453 g/mol. The molecule has 0 atom stereocenters. The summed E-state index contributed by atoms with van der Waals surface area (Å²) in [6, 6.07) is 0. The van der Waals surface area contributed by atoms with Crippen LogP contribution < -0.4 is 60.8 Å². The predicted molar refractivity (Wildman–Crippen MR) is 29.4 cm³/mol. The van der Waals surface area contributed by atoms with Crippen LogP contribution in [0.3, 0.4) is 0 Å². The number of hydrogen-bond acceptors (Lipinski definition) is 0. The van der Waals surface area contributed by atoms with E-state index < -0.39 is 0 Å². The third-order valence-corrected chi connectivity index (χ3v) is 0. The molecule has 6 heavy (non-hydrogen) atoms. The summed E-state index contributed by atoms with van der Waals surface area (Å²) in [4.78, 5) is 0. The maximum Gasteiger partial charge on any atom is 1.00 e. The molecule has 6 heteroatoms. The van der Waals surface area contributed by atoms with E-state index in [9.17, 15) is 0 Å². The summed E-state index contributed by atoms with van der Waals surface area (Å²) in [6.07, 6.45) is 0. The van der Waals surface area contributed by atoms with Gasteiger partial charge in [0.25, 0.3) is 0 Å². The number of halogens is 3. The zero-order valence-corrected chi connectivity index (χ0v) is 15.4. The molecule has 0 spiro atoms. The van der Waals surface area contributed by atoms with Crippen molar-refractivity contribution in [3.05, 3.63) is 0 Å². The van der Waals surface area contributed by atoms with E-state index in [2.05, 4.69) is 18.0 Å². The Hall–Kier alpha value is 4.37. The molecule has 0 aliphatic heterocycles. The van der Waals surface area contributed by atoms with Gasteiger partial charge in [-0.2, -0.15) is 0 Å². The zero-order valence-electron chi connectivity index (χ0n) is 4.42. The molecule has 0 amide bonds. The van der Waals surface area contributed by atoms with Crippen molar-refractivity contribution in [2.45, 2.75) is 0 Å². The topological polar surface area (TPSA) is 0 Å². The molecule has 32 valence electrons. The molecule has 0 aliphatic rings. The van der Waals surface area contributed by atoms with Crippen LogP contribution in [0.5, 0.6) is 0 Å². The van der Waals surface area contributed by atoms with Crippen LogP contribution in [-0.2, 0) is 0 Å². The molecule has 0 fully saturated rings. The fourth-order valence-corrected chi connectivity index (χ4v) is 0. The summed E-state index contributed by atoms with van der Waals surface area (Å²) in [5.41, 5.74) is 0. The first-order valence-electron chi connectivity index (χ1n) is 0.218. The minimum Gasteiger partial charge on any atom is 1.00 e. The van der Waals surface area contributed by atoms with Crippen LogP contribution in [0.2, 0.25) is 0 Å². The maximum absolute atomic E-state index is 2.32. The second-order valence-corrected chi connectivity index (χ2v) is 0. The molecule has 0 heterocycles. The van der Waals surface area contributed by atoms with Crippen molar-refractivity contribution in [3.8, 4) is 0 Å². The van der Waals surface area contributed by atoms with Crippen LogP contribution in [0.25, 0.3) is 0 Å². The molecule has 0 bridgehead atoms. The van der Waals surface area contributed by atoms with Crippen molar-refractivity contribution in [1.29, 1.82) is 0 Å². The minimum atomic E-state index is 0. The molecule has 0 aromatic rings. The Labute approximate surface area is 134 Å². The van der Waals surface area contributed by atoms with Gasteiger partial charge < -0.3 is 10.8 Å². The van der Waals surface area contributed by atoms with Gasteiger partial charge in [-0.15, -0.1) is 0 Å². The fourth-order valence-electron chi connectivity index (χ4n) is 0. The Kier molecular flexibility index (Phi) is 181. The second kappa shape index (κ2) is 34.4. The van der Waals surface area contributed by atoms with Gasteiger partial charge in [0, 0.05) is 0 Å². The first-order valence-corrected chi connectivity index (χ1v) is 12.8. The number of hydrogen-bond donors (Lipinski definition) is 0. The third-order valence-electron chi connectivity index (χ3n) is 0. The summed E-state index contributed by atoms with van der Waals surface area (Å²) >= 11 is 3.45. The van der Waals surface area contributed by atoms with E-state index in [1.165, 1.54) is 0 Å². The maximum atomic E-state index is 2.32. The van der Waals surface area contributed by atoms with Crippen LogP contribution >= 0.6 is 18.0 Å². The van der Waals surface area contributed by atoms with Gasteiger partial charge in [-0.25, -0.2) is 0 Å². The quantitative estimate of drug-likeness (QED) is 0.251. The molecule has 0 radical (unpaired) electrons. The van der Waals surface area contributed by atoms with Crippen LogP contribution in [0.1, 0.15) is 1.43 Å². The van der Waals surface area contributed by atoms with Gasteiger partial charge in [-0.3, -0.25) is 0 Å². The average Bonchev–Trinajstić information content (AvgIpc) is 1.00. The molecule has 0 saturated heterocycles. The normalized spacial score (nSPS) is 1.00. The van der Waals surface area contributed by atoms with Gasteiger partial charge in [-0.05, 0) is 0 Å². The van der Waals surface area contributed by atoms with Gasteiger partial charge in [0.1, 0.15) is 0 Å². The van der Waals surface area contributed by atoms with E-state index in [1.54, 1.807) is 0 Å². The zero-order chi connectivity index (χ0) is 2.00. The van der Waals surface area contributed by atoms with Crippen molar-refractivity contribution < 1.29 is 62.2 Å². The van der Waals surface area contributed by atoms with E-state index in [1.807, 2.05) is 0 Å². The van der Waals surface area contributed by atoms with Crippen LogP contribution in [0.4, 0.5) is 0 Å². The molecule has 0 N–H and O–H groups in total. The molecule has 0 aromatic heterocycles. The standard InChI is InChI=1S/Bi.Ca.2FH.HI.K.3H/h;;3*1H;;;;/q+1;+2;;;;+1;;;-1/p-3. The molecule has 0 rings (SSSR count). The van der Waals surface area contributed by atoms with Crippen LogP contribution in [0.15, 0.2) is 0 Å². The first kappa shape index (κ1) is 31.6. The van der Waals surface area contributed by atoms with Gasteiger partial charge in [0.05, 0.1) is 0 Å². The summed E-state index contributed by atoms with van der Waals surface area (Å²) in [7, 11) is 0. The summed E-state index contributed by atoms with van der Waals surface area (Å²) in [6.45, 7) is 0. The largest absolute Gasteiger partial charge is 1.00 e. The molecule has 0 unspecified atom stereocenters. The molecule has 0 nitrogen and oxygen atoms in total. The average molecular weight is 456 g/mol. The Morgan fingerprint density at radius 1 is 1.17 bits per heavy atom. The van der Waals surface area contributed by atoms with Gasteiger partial charge in [-0.1, -0.05) is 0 Å². The van der Waals surface area contributed by atoms with Crippen LogP contribution in [0, 0.1) is 0 Å². The van der Waals surface area contributed by atoms with Crippen LogP contribution in [-0.4, -0.2) is 58.3 Å². The second-order valence-electron chi connectivity index (χ2n) is 0. The summed E-state index contributed by atoms with van der Waals surface area (Å²) < 4.78 is 0. The van der Waals surface area contributed by atoms with E-state index in [4.69, 9.17) is 0 Å². The Morgan fingerprint density at radius 3 is 1.17 bits per heavy atom. The van der Waals surface area contributed by atoms with Crippen molar-refractivity contribution in [3.63, 3.8) is 0 Å². The van der Waals surface area contributed by atoms with E-state index in [0.29, 0.717) is 0 Å². The molecule has 0 aromatic carbocycles. The Morgan fingerprint density at radius 2 is 1.17 bits per heavy atom. The first-order chi connectivity index (χ1) is 1.00. The summed E-state index contributed by atoms with van der Waals surface area (Å²) in [5, 5.41) is 0. The molecule has 0 aliphatic carbocycles. The van der Waals surface area contributed by atoms with Crippen molar-refractivity contribution >= 4 is 76.3 Å². The van der Waals surface area contributed by atoms with Gasteiger partial charge in [0.2, 0.25) is 0 Å². The Balaban J connectivity index is -0.000000000500. The summed E-state index contributed by atoms with van der Waals surface area (Å²) in [5.74, 6) is 0. The van der Waals surface area contributed by atoms with Crippen molar-refractivity contribution in [2.75, 3.05) is 0 Å². The van der Waals surface area contributed by atoms with Gasteiger partial charge in [0.15, 0.2) is 0 Å². The minimum absolute atomic E-state index is 0. The predicted octanol–water partition coefficient (Wildman–Crippen LogP) is -9.29. The fraction of sp³-hybridized carbons (Fsp3) is 0. The number of rotatable bonds is 0. The Bertz CT molecular complexity index is 17.7. The third kappa shape index (κ3) is 23.8. The van der Waals surface area contributed by atoms with E-state index >= 15 is 0 Å². The van der Waals surface area contributed by atoms with E-state index in [0.717, 1.165) is 20.5 Å². The SMILES string of the molecule is [Ca+2].[F-].[F-].[H-].[I][BiH2].[K+].